The molecule has 3 heteroatoms. The van der Waals surface area contributed by atoms with Gasteiger partial charge in [-0.3, -0.25) is 0 Å². The summed E-state index contributed by atoms with van der Waals surface area (Å²) in [4.78, 5) is 2.62. The standard InChI is InChI=1S/C16H32N2O/c1-4-8-16(3,11-17-5-2)12-18-9-13-6-7-15(19)14(13)10-18/h13-15,17,19H,4-12H2,1-3H3. The number of fused-ring (bicyclic) bond motifs is 1. The van der Waals surface area contributed by atoms with Gasteiger partial charge < -0.3 is 15.3 Å². The van der Waals surface area contributed by atoms with Gasteiger partial charge in [0, 0.05) is 32.1 Å². The number of nitrogens with zero attached hydrogens (tertiary/aromatic N) is 1. The van der Waals surface area contributed by atoms with Gasteiger partial charge in [-0.05, 0) is 37.1 Å². The molecule has 19 heavy (non-hydrogen) atoms. The van der Waals surface area contributed by atoms with Crippen molar-refractivity contribution in [2.75, 3.05) is 32.7 Å². The summed E-state index contributed by atoms with van der Waals surface area (Å²) in [5.41, 5.74) is 0.383. The van der Waals surface area contributed by atoms with Crippen LogP contribution in [0.1, 0.15) is 46.5 Å². The molecule has 1 saturated heterocycles. The molecule has 0 spiro atoms. The highest BCUT2D eigenvalue weighted by atomic mass is 16.3. The Balaban J connectivity index is 1.88. The molecule has 0 aromatic carbocycles. The number of hydrogen-bond acceptors (Lipinski definition) is 3. The maximum absolute atomic E-state index is 10.0. The molecule has 0 aromatic rings. The van der Waals surface area contributed by atoms with Gasteiger partial charge in [-0.2, -0.15) is 0 Å². The molecular weight excluding hydrogens is 236 g/mol. The van der Waals surface area contributed by atoms with Crippen molar-refractivity contribution in [1.29, 1.82) is 0 Å². The highest BCUT2D eigenvalue weighted by Crippen LogP contribution is 2.39. The number of aliphatic hydroxyl groups excluding tert-OH is 1. The predicted molar refractivity (Wildman–Crippen MR) is 80.2 cm³/mol. The van der Waals surface area contributed by atoms with E-state index in [1.165, 1.54) is 32.4 Å². The molecule has 0 amide bonds. The van der Waals surface area contributed by atoms with Gasteiger partial charge >= 0.3 is 0 Å². The van der Waals surface area contributed by atoms with E-state index in [1.54, 1.807) is 0 Å². The van der Waals surface area contributed by atoms with Crippen LogP contribution in [0.5, 0.6) is 0 Å². The lowest BCUT2D eigenvalue weighted by Gasteiger charge is -2.34. The van der Waals surface area contributed by atoms with Crippen LogP contribution in [0.25, 0.3) is 0 Å². The number of rotatable bonds is 7. The molecule has 2 aliphatic rings. The summed E-state index contributed by atoms with van der Waals surface area (Å²) >= 11 is 0. The predicted octanol–water partition coefficient (Wildman–Crippen LogP) is 2.11. The van der Waals surface area contributed by atoms with Gasteiger partial charge in [-0.25, -0.2) is 0 Å². The van der Waals surface area contributed by atoms with E-state index in [0.717, 1.165) is 32.0 Å². The Labute approximate surface area is 118 Å². The zero-order valence-corrected chi connectivity index (χ0v) is 13.0. The summed E-state index contributed by atoms with van der Waals surface area (Å²) in [5, 5.41) is 13.6. The third-order valence-electron chi connectivity index (χ3n) is 5.16. The average Bonchev–Trinajstić information content (AvgIpc) is 2.90. The van der Waals surface area contributed by atoms with E-state index in [1.807, 2.05) is 0 Å². The van der Waals surface area contributed by atoms with Crippen LogP contribution in [0.15, 0.2) is 0 Å². The average molecular weight is 268 g/mol. The lowest BCUT2D eigenvalue weighted by atomic mass is 9.84. The first-order chi connectivity index (χ1) is 9.08. The van der Waals surface area contributed by atoms with Crippen LogP contribution in [0.2, 0.25) is 0 Å². The molecule has 0 aromatic heterocycles. The molecule has 1 saturated carbocycles. The summed E-state index contributed by atoms with van der Waals surface area (Å²) in [6.45, 7) is 12.6. The maximum Gasteiger partial charge on any atom is 0.0583 e. The Bertz CT molecular complexity index is 284. The Morgan fingerprint density at radius 1 is 1.26 bits per heavy atom. The zero-order valence-electron chi connectivity index (χ0n) is 13.0. The first-order valence-electron chi connectivity index (χ1n) is 8.19. The van der Waals surface area contributed by atoms with Crippen LogP contribution in [-0.2, 0) is 0 Å². The van der Waals surface area contributed by atoms with Crippen molar-refractivity contribution >= 4 is 0 Å². The second-order valence-electron chi connectivity index (χ2n) is 7.10. The third kappa shape index (κ3) is 3.71. The molecule has 4 atom stereocenters. The summed E-state index contributed by atoms with van der Waals surface area (Å²) < 4.78 is 0. The van der Waals surface area contributed by atoms with Crippen molar-refractivity contribution in [3.8, 4) is 0 Å². The van der Waals surface area contributed by atoms with Crippen LogP contribution in [0.4, 0.5) is 0 Å². The molecule has 2 fully saturated rings. The lowest BCUT2D eigenvalue weighted by molar-refractivity contribution is 0.113. The highest BCUT2D eigenvalue weighted by Gasteiger charge is 2.43. The van der Waals surface area contributed by atoms with Crippen LogP contribution in [0, 0.1) is 17.3 Å². The van der Waals surface area contributed by atoms with Gasteiger partial charge in [-0.15, -0.1) is 0 Å². The number of nitrogens with one attached hydrogen (secondary N) is 1. The second-order valence-corrected chi connectivity index (χ2v) is 7.10. The minimum atomic E-state index is -0.0267. The number of hydrogen-bond donors (Lipinski definition) is 2. The van der Waals surface area contributed by atoms with Crippen LogP contribution >= 0.6 is 0 Å². The van der Waals surface area contributed by atoms with E-state index >= 15 is 0 Å². The van der Waals surface area contributed by atoms with Crippen molar-refractivity contribution in [2.45, 2.75) is 52.6 Å². The van der Waals surface area contributed by atoms with Crippen molar-refractivity contribution in [3.63, 3.8) is 0 Å². The first kappa shape index (κ1) is 15.3. The first-order valence-corrected chi connectivity index (χ1v) is 8.19. The molecule has 1 heterocycles. The fourth-order valence-electron chi connectivity index (χ4n) is 4.25. The van der Waals surface area contributed by atoms with Crippen LogP contribution in [-0.4, -0.2) is 48.8 Å². The normalized spacial score (nSPS) is 34.4. The number of aliphatic hydroxyl groups is 1. The minimum Gasteiger partial charge on any atom is -0.393 e. The largest absolute Gasteiger partial charge is 0.393 e. The van der Waals surface area contributed by atoms with Gasteiger partial charge in [0.15, 0.2) is 0 Å². The summed E-state index contributed by atoms with van der Waals surface area (Å²) in [5.74, 6) is 1.32. The Kier molecular flexibility index (Phi) is 5.27. The molecule has 112 valence electrons. The van der Waals surface area contributed by atoms with E-state index < -0.39 is 0 Å². The van der Waals surface area contributed by atoms with Gasteiger partial charge in [0.05, 0.1) is 6.10 Å². The van der Waals surface area contributed by atoms with Crippen molar-refractivity contribution in [2.24, 2.45) is 17.3 Å². The molecule has 2 rings (SSSR count). The molecule has 1 aliphatic heterocycles. The highest BCUT2D eigenvalue weighted by molar-refractivity contribution is 4.95. The molecule has 0 bridgehead atoms. The van der Waals surface area contributed by atoms with E-state index in [9.17, 15) is 5.11 Å². The molecule has 3 nitrogen and oxygen atoms in total. The smallest absolute Gasteiger partial charge is 0.0583 e. The van der Waals surface area contributed by atoms with Gasteiger partial charge in [0.2, 0.25) is 0 Å². The Morgan fingerprint density at radius 2 is 2.05 bits per heavy atom. The van der Waals surface area contributed by atoms with Crippen LogP contribution < -0.4 is 5.32 Å². The van der Waals surface area contributed by atoms with Crippen molar-refractivity contribution in [3.05, 3.63) is 0 Å². The van der Waals surface area contributed by atoms with E-state index in [-0.39, 0.29) is 6.10 Å². The van der Waals surface area contributed by atoms with E-state index in [4.69, 9.17) is 0 Å². The van der Waals surface area contributed by atoms with Gasteiger partial charge in [0.25, 0.3) is 0 Å². The lowest BCUT2D eigenvalue weighted by Crippen LogP contribution is -2.42. The Hall–Kier alpha value is -0.120. The Morgan fingerprint density at radius 3 is 2.68 bits per heavy atom. The monoisotopic (exact) mass is 268 g/mol. The van der Waals surface area contributed by atoms with Crippen molar-refractivity contribution in [1.82, 2.24) is 10.2 Å². The topological polar surface area (TPSA) is 35.5 Å². The minimum absolute atomic E-state index is 0.0267. The number of likely N-dealkylation sites (tertiary alicyclic amines) is 1. The van der Waals surface area contributed by atoms with Gasteiger partial charge in [-0.1, -0.05) is 27.2 Å². The summed E-state index contributed by atoms with van der Waals surface area (Å²) in [7, 11) is 0. The van der Waals surface area contributed by atoms with E-state index in [0.29, 0.717) is 11.3 Å². The summed E-state index contributed by atoms with van der Waals surface area (Å²) in [6.07, 6.45) is 4.79. The van der Waals surface area contributed by atoms with E-state index in [2.05, 4.69) is 31.0 Å². The van der Waals surface area contributed by atoms with Gasteiger partial charge in [0.1, 0.15) is 0 Å². The fourth-order valence-corrected chi connectivity index (χ4v) is 4.25. The molecule has 1 aliphatic carbocycles. The molecule has 4 unspecified atom stereocenters. The van der Waals surface area contributed by atoms with Crippen molar-refractivity contribution < 1.29 is 5.11 Å². The molecule has 0 radical (unpaired) electrons. The third-order valence-corrected chi connectivity index (χ3v) is 5.16. The summed E-state index contributed by atoms with van der Waals surface area (Å²) in [6, 6.07) is 0. The molecule has 2 N–H and O–H groups in total. The SMILES string of the molecule is CCCC(C)(CNCC)CN1CC2CCC(O)C2C1. The maximum atomic E-state index is 10.0. The molecular formula is C16H32N2O. The van der Waals surface area contributed by atoms with Crippen LogP contribution in [0.3, 0.4) is 0 Å². The second kappa shape index (κ2) is 6.55. The quantitative estimate of drug-likeness (QED) is 0.742. The zero-order chi connectivity index (χ0) is 13.9. The fraction of sp³-hybridized carbons (Fsp3) is 1.00.